The molecule has 0 heterocycles. The summed E-state index contributed by atoms with van der Waals surface area (Å²) in [4.78, 5) is 38.7. The molecule has 0 aromatic heterocycles. The molecule has 0 aliphatic carbocycles. The van der Waals surface area contributed by atoms with Gasteiger partial charge in [-0.15, -0.1) is 11.8 Å². The Labute approximate surface area is 173 Å². The first kappa shape index (κ1) is 22.0. The molecule has 0 radical (unpaired) electrons. The first-order valence-electron chi connectivity index (χ1n) is 8.75. The van der Waals surface area contributed by atoms with Gasteiger partial charge in [-0.05, 0) is 43.3 Å². The fraction of sp³-hybridized carbons (Fsp3) is 0.238. The fourth-order valence-corrected chi connectivity index (χ4v) is 3.20. The van der Waals surface area contributed by atoms with E-state index in [4.69, 9.17) is 10.00 Å². The van der Waals surface area contributed by atoms with Crippen molar-refractivity contribution in [3.8, 4) is 6.07 Å². The summed E-state index contributed by atoms with van der Waals surface area (Å²) in [5.74, 6) is -1.02. The molecule has 2 rings (SSSR count). The number of ether oxygens (including phenoxy) is 1. The molecule has 7 nitrogen and oxygen atoms in total. The summed E-state index contributed by atoms with van der Waals surface area (Å²) >= 11 is 1.23. The van der Waals surface area contributed by atoms with Crippen LogP contribution in [0.25, 0.3) is 0 Å². The molecule has 29 heavy (non-hydrogen) atoms. The highest BCUT2D eigenvalue weighted by atomic mass is 32.2. The Morgan fingerprint density at radius 1 is 1.14 bits per heavy atom. The van der Waals surface area contributed by atoms with E-state index in [1.165, 1.54) is 23.6 Å². The zero-order chi connectivity index (χ0) is 21.4. The van der Waals surface area contributed by atoms with Gasteiger partial charge in [0.05, 0.1) is 22.9 Å². The van der Waals surface area contributed by atoms with Crippen LogP contribution in [0.1, 0.15) is 22.8 Å². The highest BCUT2D eigenvalue weighted by Gasteiger charge is 2.21. The average Bonchev–Trinajstić information content (AvgIpc) is 2.72. The van der Waals surface area contributed by atoms with Gasteiger partial charge in [-0.2, -0.15) is 5.26 Å². The van der Waals surface area contributed by atoms with Crippen molar-refractivity contribution < 1.29 is 19.1 Å². The lowest BCUT2D eigenvalue weighted by Crippen LogP contribution is -2.30. The van der Waals surface area contributed by atoms with Crippen LogP contribution in [0.15, 0.2) is 53.4 Å². The van der Waals surface area contributed by atoms with Crippen LogP contribution < -0.4 is 5.32 Å². The van der Waals surface area contributed by atoms with Crippen molar-refractivity contribution >= 4 is 35.2 Å². The molecule has 2 amide bonds. The number of nitriles is 1. The molecule has 2 aromatic rings. The van der Waals surface area contributed by atoms with Gasteiger partial charge in [0.1, 0.15) is 0 Å². The van der Waals surface area contributed by atoms with E-state index in [0.717, 1.165) is 0 Å². The van der Waals surface area contributed by atoms with Crippen LogP contribution in [0.2, 0.25) is 0 Å². The van der Waals surface area contributed by atoms with Crippen molar-refractivity contribution in [1.82, 2.24) is 4.90 Å². The van der Waals surface area contributed by atoms with Crippen LogP contribution in [0.5, 0.6) is 0 Å². The van der Waals surface area contributed by atoms with Gasteiger partial charge in [-0.3, -0.25) is 9.59 Å². The quantitative estimate of drug-likeness (QED) is 0.555. The number of anilines is 1. The van der Waals surface area contributed by atoms with Gasteiger partial charge in [0, 0.05) is 24.7 Å². The summed E-state index contributed by atoms with van der Waals surface area (Å²) in [6.07, 6.45) is -1.03. The minimum atomic E-state index is -1.03. The summed E-state index contributed by atoms with van der Waals surface area (Å²) in [7, 11) is 3.33. The van der Waals surface area contributed by atoms with Crippen LogP contribution in [0.4, 0.5) is 5.69 Å². The Hall–Kier alpha value is -3.31. The molecule has 0 fully saturated rings. The summed E-state index contributed by atoms with van der Waals surface area (Å²) < 4.78 is 5.30. The van der Waals surface area contributed by atoms with Crippen molar-refractivity contribution in [3.63, 3.8) is 0 Å². The standard InChI is InChI=1S/C21H21N3O4S/c1-14(20(26)23-16-10-8-15(12-22)9-11-16)28-21(27)17-6-4-5-7-18(17)29-13-19(25)24(2)3/h4-11,14H,13H2,1-3H3,(H,23,26)/t14-/m1/s1. The Bertz CT molecular complexity index is 936. The molecule has 0 aliphatic heterocycles. The van der Waals surface area contributed by atoms with E-state index in [1.807, 2.05) is 6.07 Å². The first-order valence-corrected chi connectivity index (χ1v) is 9.74. The maximum atomic E-state index is 12.5. The zero-order valence-corrected chi connectivity index (χ0v) is 17.2. The highest BCUT2D eigenvalue weighted by Crippen LogP contribution is 2.24. The van der Waals surface area contributed by atoms with Gasteiger partial charge in [-0.1, -0.05) is 12.1 Å². The van der Waals surface area contributed by atoms with E-state index in [2.05, 4.69) is 5.32 Å². The summed E-state index contributed by atoms with van der Waals surface area (Å²) in [5, 5.41) is 11.4. The lowest BCUT2D eigenvalue weighted by molar-refractivity contribution is -0.126. The van der Waals surface area contributed by atoms with Gasteiger partial charge in [-0.25, -0.2) is 4.79 Å². The first-order chi connectivity index (χ1) is 13.8. The number of esters is 1. The Kier molecular flexibility index (Phi) is 7.80. The number of carbonyl (C=O) groups excluding carboxylic acids is 3. The maximum Gasteiger partial charge on any atom is 0.340 e. The molecule has 0 bridgehead atoms. The minimum Gasteiger partial charge on any atom is -0.449 e. The van der Waals surface area contributed by atoms with Crippen LogP contribution in [-0.2, 0) is 14.3 Å². The number of nitrogens with zero attached hydrogens (tertiary/aromatic N) is 2. The van der Waals surface area contributed by atoms with E-state index < -0.39 is 18.0 Å². The number of benzene rings is 2. The smallest absolute Gasteiger partial charge is 0.340 e. The monoisotopic (exact) mass is 411 g/mol. The lowest BCUT2D eigenvalue weighted by Gasteiger charge is -2.15. The van der Waals surface area contributed by atoms with E-state index in [1.54, 1.807) is 62.6 Å². The topological polar surface area (TPSA) is 99.5 Å². The highest BCUT2D eigenvalue weighted by molar-refractivity contribution is 8.00. The molecular weight excluding hydrogens is 390 g/mol. The van der Waals surface area contributed by atoms with Gasteiger partial charge in [0.2, 0.25) is 5.91 Å². The third kappa shape index (κ3) is 6.36. The third-order valence-corrected chi connectivity index (χ3v) is 4.95. The summed E-state index contributed by atoms with van der Waals surface area (Å²) in [6.45, 7) is 1.47. The van der Waals surface area contributed by atoms with Crippen molar-refractivity contribution in [1.29, 1.82) is 5.26 Å². The third-order valence-electron chi connectivity index (χ3n) is 3.89. The number of hydrogen-bond donors (Lipinski definition) is 1. The average molecular weight is 411 g/mol. The van der Waals surface area contributed by atoms with Crippen molar-refractivity contribution in [2.45, 2.75) is 17.9 Å². The molecule has 8 heteroatoms. The second-order valence-corrected chi connectivity index (χ2v) is 7.32. The van der Waals surface area contributed by atoms with Gasteiger partial charge < -0.3 is 15.0 Å². The normalized spacial score (nSPS) is 11.1. The predicted molar refractivity (Wildman–Crippen MR) is 111 cm³/mol. The minimum absolute atomic E-state index is 0.0756. The van der Waals surface area contributed by atoms with E-state index in [0.29, 0.717) is 21.7 Å². The van der Waals surface area contributed by atoms with Gasteiger partial charge in [0.15, 0.2) is 6.10 Å². The molecule has 0 aliphatic rings. The van der Waals surface area contributed by atoms with E-state index in [9.17, 15) is 14.4 Å². The predicted octanol–water partition coefficient (Wildman–Crippen LogP) is 2.92. The number of carbonyl (C=O) groups is 3. The number of hydrogen-bond acceptors (Lipinski definition) is 6. The number of thioether (sulfide) groups is 1. The molecule has 0 spiro atoms. The molecule has 0 unspecified atom stereocenters. The van der Waals surface area contributed by atoms with E-state index in [-0.39, 0.29) is 11.7 Å². The summed E-state index contributed by atoms with van der Waals surface area (Å²) in [5.41, 5.74) is 1.27. The van der Waals surface area contributed by atoms with Gasteiger partial charge >= 0.3 is 5.97 Å². The lowest BCUT2D eigenvalue weighted by atomic mass is 10.2. The zero-order valence-electron chi connectivity index (χ0n) is 16.3. The van der Waals surface area contributed by atoms with Crippen molar-refractivity contribution in [2.75, 3.05) is 25.2 Å². The molecule has 2 aromatic carbocycles. The van der Waals surface area contributed by atoms with Crippen LogP contribution >= 0.6 is 11.8 Å². The molecule has 0 saturated carbocycles. The second-order valence-electron chi connectivity index (χ2n) is 6.30. The molecule has 1 atom stereocenters. The maximum absolute atomic E-state index is 12.5. The number of nitrogens with one attached hydrogen (secondary N) is 1. The molecule has 1 N–H and O–H groups in total. The van der Waals surface area contributed by atoms with Crippen LogP contribution in [0, 0.1) is 11.3 Å². The van der Waals surface area contributed by atoms with E-state index >= 15 is 0 Å². The van der Waals surface area contributed by atoms with Crippen molar-refractivity contribution in [3.05, 3.63) is 59.7 Å². The largest absolute Gasteiger partial charge is 0.449 e. The molecular formula is C21H21N3O4S. The number of rotatable bonds is 7. The Morgan fingerprint density at radius 3 is 2.41 bits per heavy atom. The molecule has 0 saturated heterocycles. The second kappa shape index (κ2) is 10.3. The molecule has 150 valence electrons. The number of amides is 2. The van der Waals surface area contributed by atoms with Crippen LogP contribution in [0.3, 0.4) is 0 Å². The fourth-order valence-electron chi connectivity index (χ4n) is 2.18. The van der Waals surface area contributed by atoms with Crippen LogP contribution in [-0.4, -0.2) is 48.6 Å². The Morgan fingerprint density at radius 2 is 1.79 bits per heavy atom. The van der Waals surface area contributed by atoms with Crippen molar-refractivity contribution in [2.24, 2.45) is 0 Å². The van der Waals surface area contributed by atoms with Gasteiger partial charge in [0.25, 0.3) is 5.91 Å². The summed E-state index contributed by atoms with van der Waals surface area (Å²) in [6, 6.07) is 15.1. The SMILES string of the molecule is C[C@@H](OC(=O)c1ccccc1SCC(=O)N(C)C)C(=O)Nc1ccc(C#N)cc1. The Balaban J connectivity index is 2.00.